The van der Waals surface area contributed by atoms with Gasteiger partial charge in [0, 0.05) is 38.6 Å². The number of nitrogens with one attached hydrogen (secondary N) is 1. The van der Waals surface area contributed by atoms with Crippen LogP contribution in [0.5, 0.6) is 0 Å². The van der Waals surface area contributed by atoms with Gasteiger partial charge in [-0.2, -0.15) is 4.80 Å². The maximum atomic E-state index is 5.75. The first-order valence-electron chi connectivity index (χ1n) is 6.70. The number of aryl methyl sites for hydroxylation is 1. The predicted molar refractivity (Wildman–Crippen MR) is 69.7 cm³/mol. The van der Waals surface area contributed by atoms with Gasteiger partial charge in [-0.1, -0.05) is 0 Å². The number of methoxy groups -OCH3 is 1. The van der Waals surface area contributed by atoms with E-state index in [0.29, 0.717) is 6.61 Å². The molecule has 0 radical (unpaired) electrons. The van der Waals surface area contributed by atoms with E-state index in [1.165, 1.54) is 4.80 Å². The molecule has 7 nitrogen and oxygen atoms in total. The van der Waals surface area contributed by atoms with E-state index in [2.05, 4.69) is 27.7 Å². The molecule has 0 saturated carbocycles. The molecule has 1 aliphatic heterocycles. The van der Waals surface area contributed by atoms with Crippen LogP contribution in [0.15, 0.2) is 0 Å². The molecule has 2 heterocycles. The smallest absolute Gasteiger partial charge is 0.175 e. The second-order valence-electron chi connectivity index (χ2n) is 5.17. The summed E-state index contributed by atoms with van der Waals surface area (Å²) in [5, 5.41) is 15.7. The Morgan fingerprint density at radius 3 is 3.00 bits per heavy atom. The van der Waals surface area contributed by atoms with Gasteiger partial charge in [0.2, 0.25) is 0 Å². The van der Waals surface area contributed by atoms with Gasteiger partial charge in [-0.3, -0.25) is 0 Å². The fourth-order valence-electron chi connectivity index (χ4n) is 2.57. The van der Waals surface area contributed by atoms with Crippen molar-refractivity contribution in [2.45, 2.75) is 25.9 Å². The van der Waals surface area contributed by atoms with Gasteiger partial charge < -0.3 is 14.8 Å². The summed E-state index contributed by atoms with van der Waals surface area (Å²) in [5.74, 6) is 0.786. The second-order valence-corrected chi connectivity index (χ2v) is 5.17. The number of tetrazole rings is 1. The van der Waals surface area contributed by atoms with Crippen molar-refractivity contribution in [3.63, 3.8) is 0 Å². The van der Waals surface area contributed by atoms with Crippen LogP contribution in [-0.2, 0) is 22.9 Å². The molecule has 7 heteroatoms. The van der Waals surface area contributed by atoms with E-state index in [1.54, 1.807) is 14.2 Å². The van der Waals surface area contributed by atoms with Crippen LogP contribution < -0.4 is 5.32 Å². The molecule has 19 heavy (non-hydrogen) atoms. The molecule has 2 rings (SSSR count). The normalized spacial score (nSPS) is 27.0. The lowest BCUT2D eigenvalue weighted by Gasteiger charge is -2.31. The number of nitrogens with zero attached hydrogens (tertiary/aromatic N) is 4. The summed E-state index contributed by atoms with van der Waals surface area (Å²) < 4.78 is 10.8. The quantitative estimate of drug-likeness (QED) is 0.690. The number of aromatic nitrogens is 4. The Kier molecular flexibility index (Phi) is 4.84. The Bertz CT molecular complexity index is 397. The van der Waals surface area contributed by atoms with Crippen molar-refractivity contribution < 1.29 is 9.47 Å². The third-order valence-corrected chi connectivity index (χ3v) is 3.85. The summed E-state index contributed by atoms with van der Waals surface area (Å²) in [7, 11) is 3.50. The fraction of sp³-hybridized carbons (Fsp3) is 0.917. The Balaban J connectivity index is 1.98. The van der Waals surface area contributed by atoms with Crippen molar-refractivity contribution >= 4 is 0 Å². The van der Waals surface area contributed by atoms with Gasteiger partial charge in [-0.05, 0) is 18.6 Å². The van der Waals surface area contributed by atoms with Crippen LogP contribution in [0.3, 0.4) is 0 Å². The van der Waals surface area contributed by atoms with Crippen LogP contribution in [0.1, 0.15) is 19.2 Å². The Hall–Kier alpha value is -1.05. The van der Waals surface area contributed by atoms with Crippen molar-refractivity contribution in [1.82, 2.24) is 25.5 Å². The Morgan fingerprint density at radius 1 is 1.58 bits per heavy atom. The maximum Gasteiger partial charge on any atom is 0.175 e. The lowest BCUT2D eigenvalue weighted by molar-refractivity contribution is 0.0609. The van der Waals surface area contributed by atoms with Gasteiger partial charge in [0.1, 0.15) is 0 Å². The molecule has 1 fully saturated rings. The highest BCUT2D eigenvalue weighted by Gasteiger charge is 2.42. The largest absolute Gasteiger partial charge is 0.383 e. The highest BCUT2D eigenvalue weighted by atomic mass is 16.5. The second kappa shape index (κ2) is 6.40. The summed E-state index contributed by atoms with van der Waals surface area (Å²) in [6.45, 7) is 5.37. The van der Waals surface area contributed by atoms with Crippen LogP contribution in [-0.4, -0.2) is 59.7 Å². The van der Waals surface area contributed by atoms with Crippen LogP contribution in [0.2, 0.25) is 0 Å². The standard InChI is InChI=1S/C12H23N5O2/c1-10-12(4-6-19-10,9-13-5-7-18-3)8-11-14-16-17(2)15-11/h10,13H,4-9H2,1-3H3. The van der Waals surface area contributed by atoms with Gasteiger partial charge in [0.25, 0.3) is 0 Å². The molecular formula is C12H23N5O2. The zero-order valence-electron chi connectivity index (χ0n) is 11.9. The van der Waals surface area contributed by atoms with E-state index in [-0.39, 0.29) is 11.5 Å². The lowest BCUT2D eigenvalue weighted by atomic mass is 9.78. The van der Waals surface area contributed by atoms with Crippen LogP contribution in [0.25, 0.3) is 0 Å². The minimum Gasteiger partial charge on any atom is -0.383 e. The summed E-state index contributed by atoms with van der Waals surface area (Å²) in [6.07, 6.45) is 2.01. The average molecular weight is 269 g/mol. The van der Waals surface area contributed by atoms with E-state index in [1.807, 2.05) is 0 Å². The molecule has 0 aromatic carbocycles. The van der Waals surface area contributed by atoms with Crippen molar-refractivity contribution in [2.75, 3.05) is 33.4 Å². The monoisotopic (exact) mass is 269 g/mol. The zero-order valence-corrected chi connectivity index (χ0v) is 11.9. The molecule has 0 bridgehead atoms. The van der Waals surface area contributed by atoms with E-state index >= 15 is 0 Å². The average Bonchev–Trinajstić information content (AvgIpc) is 2.94. The van der Waals surface area contributed by atoms with Crippen LogP contribution >= 0.6 is 0 Å². The highest BCUT2D eigenvalue weighted by Crippen LogP contribution is 2.36. The van der Waals surface area contributed by atoms with Gasteiger partial charge in [-0.15, -0.1) is 10.2 Å². The molecule has 1 aromatic heterocycles. The first-order valence-corrected chi connectivity index (χ1v) is 6.70. The number of ether oxygens (including phenoxy) is 2. The highest BCUT2D eigenvalue weighted by molar-refractivity contribution is 4.98. The minimum atomic E-state index is 0.0524. The molecule has 1 saturated heterocycles. The SMILES string of the molecule is COCCNCC1(Cc2nnn(C)n2)CCOC1C. The summed E-state index contributed by atoms with van der Waals surface area (Å²) in [5.41, 5.74) is 0.0524. The van der Waals surface area contributed by atoms with Crippen molar-refractivity contribution in [2.24, 2.45) is 12.5 Å². The lowest BCUT2D eigenvalue weighted by Crippen LogP contribution is -2.42. The molecule has 1 aromatic rings. The molecule has 0 spiro atoms. The molecule has 1 aliphatic rings. The maximum absolute atomic E-state index is 5.75. The van der Waals surface area contributed by atoms with Gasteiger partial charge in [-0.25, -0.2) is 0 Å². The van der Waals surface area contributed by atoms with Crippen molar-refractivity contribution in [1.29, 1.82) is 0 Å². The van der Waals surface area contributed by atoms with Gasteiger partial charge >= 0.3 is 0 Å². The predicted octanol–water partition coefficient (Wildman–Crippen LogP) is -0.216. The molecule has 108 valence electrons. The van der Waals surface area contributed by atoms with E-state index in [9.17, 15) is 0 Å². The van der Waals surface area contributed by atoms with Crippen LogP contribution in [0, 0.1) is 5.41 Å². The fourth-order valence-corrected chi connectivity index (χ4v) is 2.57. The topological polar surface area (TPSA) is 74.1 Å². The zero-order chi connectivity index (χ0) is 13.7. The van der Waals surface area contributed by atoms with Crippen molar-refractivity contribution in [3.05, 3.63) is 5.82 Å². The third kappa shape index (κ3) is 3.49. The summed E-state index contributed by atoms with van der Waals surface area (Å²) in [6, 6.07) is 0. The number of hydrogen-bond acceptors (Lipinski definition) is 6. The minimum absolute atomic E-state index is 0.0524. The number of rotatable bonds is 7. The first kappa shape index (κ1) is 14.4. The van der Waals surface area contributed by atoms with Crippen molar-refractivity contribution in [3.8, 4) is 0 Å². The molecule has 1 N–H and O–H groups in total. The first-order chi connectivity index (χ1) is 9.16. The van der Waals surface area contributed by atoms with E-state index in [0.717, 1.165) is 38.4 Å². The summed E-state index contributed by atoms with van der Waals surface area (Å²) >= 11 is 0. The Labute approximate surface area is 113 Å². The summed E-state index contributed by atoms with van der Waals surface area (Å²) in [4.78, 5) is 1.50. The third-order valence-electron chi connectivity index (χ3n) is 3.85. The Morgan fingerprint density at radius 2 is 2.42 bits per heavy atom. The molecule has 2 unspecified atom stereocenters. The number of hydrogen-bond donors (Lipinski definition) is 1. The van der Waals surface area contributed by atoms with Crippen LogP contribution in [0.4, 0.5) is 0 Å². The van der Waals surface area contributed by atoms with E-state index < -0.39 is 0 Å². The van der Waals surface area contributed by atoms with Gasteiger partial charge in [0.05, 0.1) is 19.8 Å². The molecule has 0 amide bonds. The molecule has 2 atom stereocenters. The van der Waals surface area contributed by atoms with E-state index in [4.69, 9.17) is 9.47 Å². The molecular weight excluding hydrogens is 246 g/mol. The molecule has 0 aliphatic carbocycles. The van der Waals surface area contributed by atoms with Gasteiger partial charge in [0.15, 0.2) is 5.82 Å².